The first kappa shape index (κ1) is 17.6. The fourth-order valence-corrected chi connectivity index (χ4v) is 3.52. The lowest BCUT2D eigenvalue weighted by Crippen LogP contribution is -2.00. The number of benzene rings is 2. The highest BCUT2D eigenvalue weighted by Gasteiger charge is 2.33. The summed E-state index contributed by atoms with van der Waals surface area (Å²) in [5.74, 6) is -0.397. The van der Waals surface area contributed by atoms with Crippen LogP contribution in [0.2, 0.25) is 5.02 Å². The molecule has 0 saturated heterocycles. The van der Waals surface area contributed by atoms with Gasteiger partial charge >= 0.3 is 0 Å². The molecular weight excluding hydrogens is 360 g/mol. The van der Waals surface area contributed by atoms with Crippen molar-refractivity contribution in [2.24, 2.45) is 4.99 Å². The van der Waals surface area contributed by atoms with Crippen molar-refractivity contribution < 1.29 is 9.90 Å². The first-order chi connectivity index (χ1) is 13.1. The highest BCUT2D eigenvalue weighted by molar-refractivity contribution is 6.31. The molecular formula is C22H19ClN2O2. The van der Waals surface area contributed by atoms with Crippen molar-refractivity contribution in [3.8, 4) is 17.1 Å². The number of hydrogen-bond donors (Lipinski definition) is 2. The van der Waals surface area contributed by atoms with Crippen LogP contribution in [0.3, 0.4) is 0 Å². The molecule has 0 saturated carbocycles. The predicted octanol–water partition coefficient (Wildman–Crippen LogP) is 5.37. The third kappa shape index (κ3) is 3.17. The van der Waals surface area contributed by atoms with Crippen molar-refractivity contribution in [2.45, 2.75) is 26.2 Å². The van der Waals surface area contributed by atoms with Gasteiger partial charge in [0.2, 0.25) is 0 Å². The Hall–Kier alpha value is -2.85. The molecule has 0 aliphatic carbocycles. The maximum absolute atomic E-state index is 12.6. The number of aliphatic imine (C=N–C) groups is 1. The van der Waals surface area contributed by atoms with Gasteiger partial charge in [0, 0.05) is 10.6 Å². The molecule has 4 nitrogen and oxygen atoms in total. The highest BCUT2D eigenvalue weighted by atomic mass is 35.5. The predicted molar refractivity (Wildman–Crippen MR) is 108 cm³/mol. The molecule has 0 radical (unpaired) electrons. The van der Waals surface area contributed by atoms with Crippen LogP contribution in [-0.2, 0) is 6.42 Å². The first-order valence-corrected chi connectivity index (χ1v) is 9.40. The van der Waals surface area contributed by atoms with E-state index >= 15 is 0 Å². The molecule has 2 aromatic carbocycles. The van der Waals surface area contributed by atoms with Crippen molar-refractivity contribution in [1.29, 1.82) is 0 Å². The molecule has 0 atom stereocenters. The van der Waals surface area contributed by atoms with Gasteiger partial charge in [-0.1, -0.05) is 61.3 Å². The molecule has 2 N–H and O–H groups in total. The van der Waals surface area contributed by atoms with Crippen LogP contribution in [0, 0.1) is 0 Å². The first-order valence-electron chi connectivity index (χ1n) is 9.02. The minimum Gasteiger partial charge on any atom is -0.494 e. The Morgan fingerprint density at radius 3 is 2.33 bits per heavy atom. The lowest BCUT2D eigenvalue weighted by Gasteiger charge is -2.04. The number of halogens is 1. The van der Waals surface area contributed by atoms with Crippen molar-refractivity contribution in [3.05, 3.63) is 75.8 Å². The van der Waals surface area contributed by atoms with Crippen LogP contribution in [0.4, 0.5) is 0 Å². The Balaban J connectivity index is 1.73. The molecule has 0 bridgehead atoms. The van der Waals surface area contributed by atoms with Crippen LogP contribution in [0.5, 0.6) is 5.88 Å². The number of carbonyl (C=O) groups is 1. The Morgan fingerprint density at radius 2 is 1.67 bits per heavy atom. The van der Waals surface area contributed by atoms with Crippen molar-refractivity contribution in [3.63, 3.8) is 0 Å². The van der Waals surface area contributed by atoms with Crippen LogP contribution in [0.25, 0.3) is 11.3 Å². The minimum atomic E-state index is -0.350. The Bertz CT molecular complexity index is 1030. The molecule has 0 fully saturated rings. The fraction of sp³-hybridized carbons (Fsp3) is 0.182. The van der Waals surface area contributed by atoms with E-state index < -0.39 is 0 Å². The summed E-state index contributed by atoms with van der Waals surface area (Å²) in [6, 6.07) is 15.1. The number of nitrogens with one attached hydrogen (secondary N) is 1. The van der Waals surface area contributed by atoms with Gasteiger partial charge < -0.3 is 10.1 Å². The molecule has 4 rings (SSSR count). The lowest BCUT2D eigenvalue weighted by atomic mass is 9.98. The zero-order chi connectivity index (χ0) is 19.0. The second-order valence-corrected chi connectivity index (χ2v) is 7.11. The third-order valence-electron chi connectivity index (χ3n) is 4.82. The molecule has 3 aromatic rings. The number of amides is 1. The van der Waals surface area contributed by atoms with Gasteiger partial charge in [0.1, 0.15) is 0 Å². The Morgan fingerprint density at radius 1 is 1.00 bits per heavy atom. The SMILES string of the molecule is CCCCc1ccc(C2=NC(=O)c3c(-c4ccc(Cl)cc4)[nH]c(O)c32)cc1. The van der Waals surface area contributed by atoms with Gasteiger partial charge in [0.15, 0.2) is 5.88 Å². The number of unbranched alkanes of at least 4 members (excludes halogenated alkanes) is 1. The average Bonchev–Trinajstić information content (AvgIpc) is 3.20. The van der Waals surface area contributed by atoms with Gasteiger partial charge in [-0.3, -0.25) is 4.79 Å². The smallest absolute Gasteiger partial charge is 0.280 e. The normalized spacial score (nSPS) is 13.0. The van der Waals surface area contributed by atoms with E-state index in [1.54, 1.807) is 12.1 Å². The number of H-pyrrole nitrogens is 1. The highest BCUT2D eigenvalue weighted by Crippen LogP contribution is 2.38. The average molecular weight is 379 g/mol. The zero-order valence-corrected chi connectivity index (χ0v) is 15.7. The van der Waals surface area contributed by atoms with E-state index in [0.29, 0.717) is 27.6 Å². The van der Waals surface area contributed by atoms with Crippen molar-refractivity contribution in [2.75, 3.05) is 0 Å². The Kier molecular flexibility index (Phi) is 4.58. The molecule has 2 heterocycles. The maximum atomic E-state index is 12.6. The molecule has 0 spiro atoms. The van der Waals surface area contributed by atoms with E-state index in [2.05, 4.69) is 29.0 Å². The summed E-state index contributed by atoms with van der Waals surface area (Å²) in [6.45, 7) is 2.17. The van der Waals surface area contributed by atoms with Crippen molar-refractivity contribution in [1.82, 2.24) is 4.98 Å². The molecule has 1 aromatic heterocycles. The topological polar surface area (TPSA) is 65.5 Å². The largest absolute Gasteiger partial charge is 0.494 e. The van der Waals surface area contributed by atoms with E-state index in [9.17, 15) is 9.90 Å². The zero-order valence-electron chi connectivity index (χ0n) is 14.9. The molecule has 1 aliphatic rings. The van der Waals surface area contributed by atoms with Crippen LogP contribution in [-0.4, -0.2) is 21.7 Å². The quantitative estimate of drug-likeness (QED) is 0.626. The molecule has 5 heteroatoms. The lowest BCUT2D eigenvalue weighted by molar-refractivity contribution is 0.101. The maximum Gasteiger partial charge on any atom is 0.280 e. The van der Waals surface area contributed by atoms with Crippen LogP contribution in [0.1, 0.15) is 46.8 Å². The summed E-state index contributed by atoms with van der Waals surface area (Å²) in [6.07, 6.45) is 3.33. The minimum absolute atomic E-state index is 0.0467. The molecule has 136 valence electrons. The van der Waals surface area contributed by atoms with E-state index in [-0.39, 0.29) is 11.8 Å². The number of aromatic hydroxyl groups is 1. The van der Waals surface area contributed by atoms with Crippen molar-refractivity contribution >= 4 is 23.2 Å². The van der Waals surface area contributed by atoms with Crippen LogP contribution < -0.4 is 0 Å². The van der Waals surface area contributed by atoms with Crippen LogP contribution >= 0.6 is 11.6 Å². The summed E-state index contributed by atoms with van der Waals surface area (Å²) >= 11 is 5.95. The second-order valence-electron chi connectivity index (χ2n) is 6.67. The van der Waals surface area contributed by atoms with E-state index in [4.69, 9.17) is 11.6 Å². The van der Waals surface area contributed by atoms with E-state index in [1.165, 1.54) is 5.56 Å². The number of carbonyl (C=O) groups excluding carboxylic acids is 1. The number of nitrogens with zero attached hydrogens (tertiary/aromatic N) is 1. The number of fused-ring (bicyclic) bond motifs is 1. The van der Waals surface area contributed by atoms with E-state index in [0.717, 1.165) is 30.4 Å². The monoisotopic (exact) mass is 378 g/mol. The van der Waals surface area contributed by atoms with Gasteiger partial charge in [-0.15, -0.1) is 0 Å². The summed E-state index contributed by atoms with van der Waals surface area (Å²) in [5, 5.41) is 11.1. The number of aryl methyl sites for hydroxylation is 1. The molecule has 1 amide bonds. The summed E-state index contributed by atoms with van der Waals surface area (Å²) < 4.78 is 0. The van der Waals surface area contributed by atoms with E-state index in [1.807, 2.05) is 24.3 Å². The number of aromatic nitrogens is 1. The Labute approximate surface area is 162 Å². The number of hydrogen-bond acceptors (Lipinski definition) is 2. The summed E-state index contributed by atoms with van der Waals surface area (Å²) in [4.78, 5) is 19.7. The third-order valence-corrected chi connectivity index (χ3v) is 5.08. The van der Waals surface area contributed by atoms with Gasteiger partial charge in [0.05, 0.1) is 22.5 Å². The van der Waals surface area contributed by atoms with Gasteiger partial charge in [0.25, 0.3) is 5.91 Å². The second kappa shape index (κ2) is 7.05. The summed E-state index contributed by atoms with van der Waals surface area (Å²) in [5.41, 5.74) is 4.78. The van der Waals surface area contributed by atoms with Gasteiger partial charge in [-0.05, 0) is 36.1 Å². The summed E-state index contributed by atoms with van der Waals surface area (Å²) in [7, 11) is 0. The van der Waals surface area contributed by atoms with Gasteiger partial charge in [-0.2, -0.15) is 0 Å². The van der Waals surface area contributed by atoms with Gasteiger partial charge in [-0.25, -0.2) is 4.99 Å². The fourth-order valence-electron chi connectivity index (χ4n) is 3.40. The number of rotatable bonds is 5. The molecule has 27 heavy (non-hydrogen) atoms. The van der Waals surface area contributed by atoms with Crippen LogP contribution in [0.15, 0.2) is 53.5 Å². The molecule has 1 aliphatic heterocycles. The molecule has 0 unspecified atom stereocenters. The number of aromatic amines is 1. The standard InChI is InChI=1S/C22H19ClN2O2/c1-2-3-4-13-5-7-14(8-6-13)19-17-18(22(27)24-19)20(25-21(17)26)15-9-11-16(23)12-10-15/h5-12,25-26H,2-4H2,1H3.